The van der Waals surface area contributed by atoms with Gasteiger partial charge in [0.25, 0.3) is 0 Å². The van der Waals surface area contributed by atoms with E-state index in [2.05, 4.69) is 62.8 Å². The van der Waals surface area contributed by atoms with Crippen molar-refractivity contribution in [3.8, 4) is 33.6 Å². The number of fused-ring (bicyclic) bond motifs is 2. The molecule has 2 aliphatic rings. The minimum absolute atomic E-state index is 0.179. The Kier molecular flexibility index (Phi) is 26.1. The van der Waals surface area contributed by atoms with Gasteiger partial charge >= 0.3 is 23.9 Å². The number of aromatic nitrogens is 8. The molecular formula is C64H78F4N14O12S2. The Bertz CT molecular complexity index is 3940. The summed E-state index contributed by atoms with van der Waals surface area (Å²) >= 11 is 0. The topological polar surface area (TPSA) is 342 Å². The van der Waals surface area contributed by atoms with Gasteiger partial charge in [-0.05, 0) is 100 Å². The molecule has 516 valence electrons. The van der Waals surface area contributed by atoms with Gasteiger partial charge in [0.15, 0.2) is 11.6 Å². The van der Waals surface area contributed by atoms with Crippen LogP contribution in [0.2, 0.25) is 0 Å². The molecule has 2 aromatic carbocycles. The van der Waals surface area contributed by atoms with E-state index in [1.807, 2.05) is 26.2 Å². The third kappa shape index (κ3) is 19.4. The van der Waals surface area contributed by atoms with Crippen molar-refractivity contribution >= 4 is 89.0 Å². The lowest BCUT2D eigenvalue weighted by Crippen LogP contribution is -2.43. The summed E-state index contributed by atoms with van der Waals surface area (Å²) in [7, 11) is -3.54. The van der Waals surface area contributed by atoms with Crippen molar-refractivity contribution in [1.29, 1.82) is 0 Å². The summed E-state index contributed by atoms with van der Waals surface area (Å²) in [5.74, 6) is -6.88. The summed E-state index contributed by atoms with van der Waals surface area (Å²) in [6.07, 6.45) is 16.1. The first kappa shape index (κ1) is 74.0. The fourth-order valence-electron chi connectivity index (χ4n) is 11.0. The summed E-state index contributed by atoms with van der Waals surface area (Å²) in [5, 5.41) is 31.6. The summed E-state index contributed by atoms with van der Waals surface area (Å²) in [5.41, 5.74) is 3.00. The van der Waals surface area contributed by atoms with Crippen LogP contribution < -0.4 is 19.2 Å². The fourth-order valence-corrected chi connectivity index (χ4v) is 13.2. The number of likely N-dealkylation sites (tertiary alicyclic amines) is 2. The van der Waals surface area contributed by atoms with Gasteiger partial charge in [0.1, 0.15) is 47.3 Å². The van der Waals surface area contributed by atoms with Crippen molar-refractivity contribution in [2.75, 3.05) is 84.1 Å². The monoisotopic (exact) mass is 1370 g/mol. The number of halogens is 4. The number of hydrogen-bond donors (Lipinski definition) is 6. The van der Waals surface area contributed by atoms with E-state index in [-0.39, 0.29) is 48.6 Å². The van der Waals surface area contributed by atoms with E-state index < -0.39 is 78.6 Å². The highest BCUT2D eigenvalue weighted by atomic mass is 32.2. The Morgan fingerprint density at radius 3 is 1.12 bits per heavy atom. The summed E-state index contributed by atoms with van der Waals surface area (Å²) < 4.78 is 119. The van der Waals surface area contributed by atoms with Crippen LogP contribution in [0.1, 0.15) is 91.9 Å². The van der Waals surface area contributed by atoms with Gasteiger partial charge in [-0.2, -0.15) is 0 Å². The van der Waals surface area contributed by atoms with E-state index in [0.717, 1.165) is 101 Å². The lowest BCUT2D eigenvalue weighted by atomic mass is 10.0. The number of anilines is 4. The number of carbonyl (C=O) groups is 4. The van der Waals surface area contributed by atoms with E-state index in [4.69, 9.17) is 30.4 Å². The third-order valence-electron chi connectivity index (χ3n) is 16.0. The van der Waals surface area contributed by atoms with Crippen molar-refractivity contribution < 1.29 is 74.0 Å². The Morgan fingerprint density at radius 1 is 0.510 bits per heavy atom. The first-order valence-corrected chi connectivity index (χ1v) is 34.3. The van der Waals surface area contributed by atoms with Gasteiger partial charge in [-0.3, -0.25) is 28.6 Å². The van der Waals surface area contributed by atoms with Gasteiger partial charge < -0.3 is 49.2 Å². The van der Waals surface area contributed by atoms with Crippen molar-refractivity contribution in [3.05, 3.63) is 122 Å². The lowest BCUT2D eigenvalue weighted by molar-refractivity contribution is -0.143. The lowest BCUT2D eigenvalue weighted by Gasteiger charge is -2.36. The molecule has 2 aliphatic heterocycles. The molecule has 8 heterocycles. The van der Waals surface area contributed by atoms with Crippen LogP contribution in [0.4, 0.5) is 40.6 Å². The maximum Gasteiger partial charge on any atom is 0.303 e. The molecule has 96 heavy (non-hydrogen) atoms. The largest absolute Gasteiger partial charge is 0.481 e. The highest BCUT2D eigenvalue weighted by Crippen LogP contribution is 2.38. The standard InChI is InChI=1S/2C28H33F2N7O2S.2C4H6O4/c2*1-4-14-40(38,39)34-23-7-6-22(29)28(26(23)30)37-17-21(19-15-31-18-32-16-19)27-24(37)8-9-25(33-27)35(3)20-10-12-36(5-2)13-11-20;2*5-3(6)1-2-4(7)8/h2*6-9,15-18,20,34H,4-5,10-14H2,1-3H3;2*1-2H2,(H,5,6)(H,7,8). The van der Waals surface area contributed by atoms with E-state index in [0.29, 0.717) is 69.2 Å². The molecule has 32 heteroatoms. The van der Waals surface area contributed by atoms with E-state index in [1.54, 1.807) is 63.2 Å². The Labute approximate surface area is 552 Å². The SMILES string of the molecule is CCCS(=O)(=O)Nc1ccc(F)c(-n2cc(-c3cncnc3)c3nc(N(C)C4CCN(CC)CC4)ccc32)c1F.CCCS(=O)(=O)Nc1ccc(F)c(-n2cc(-c3cncnc3)c3nc(N(C)C4CCN(CC)CC4)ccc32)c1F.O=C(O)CCC(=O)O.O=C(O)CCC(=O)O. The molecule has 0 radical (unpaired) electrons. The normalized spacial score (nSPS) is 13.9. The molecule has 8 aromatic rings. The van der Waals surface area contributed by atoms with Crippen LogP contribution in [-0.2, 0) is 39.2 Å². The molecule has 26 nitrogen and oxygen atoms in total. The van der Waals surface area contributed by atoms with E-state index >= 15 is 17.6 Å². The average Bonchev–Trinajstić information content (AvgIpc) is 1.60. The molecule has 0 aliphatic carbocycles. The van der Waals surface area contributed by atoms with Crippen molar-refractivity contribution in [2.45, 2.75) is 104 Å². The van der Waals surface area contributed by atoms with E-state index in [9.17, 15) is 36.0 Å². The van der Waals surface area contributed by atoms with E-state index in [1.165, 1.54) is 21.8 Å². The summed E-state index contributed by atoms with van der Waals surface area (Å²) in [4.78, 5) is 74.1. The first-order valence-electron chi connectivity index (χ1n) is 31.0. The molecule has 0 amide bonds. The molecule has 0 atom stereocenters. The molecule has 0 saturated carbocycles. The molecule has 0 spiro atoms. The predicted molar refractivity (Wildman–Crippen MR) is 356 cm³/mol. The number of benzene rings is 2. The number of sulfonamides is 2. The van der Waals surface area contributed by atoms with Gasteiger partial charge in [0.2, 0.25) is 20.0 Å². The quantitative estimate of drug-likeness (QED) is 0.0306. The average molecular weight is 1380 g/mol. The number of aliphatic carboxylic acids is 4. The highest BCUT2D eigenvalue weighted by molar-refractivity contribution is 7.92. The molecular weight excluding hydrogens is 1300 g/mol. The second-order valence-electron chi connectivity index (χ2n) is 22.6. The maximum absolute atomic E-state index is 15.8. The van der Waals surface area contributed by atoms with Gasteiger partial charge in [0, 0.05) is 112 Å². The summed E-state index contributed by atoms with van der Waals surface area (Å²) in [6.45, 7) is 13.9. The molecule has 6 aromatic heterocycles. The van der Waals surface area contributed by atoms with Crippen LogP contribution in [0.15, 0.2) is 98.4 Å². The van der Waals surface area contributed by atoms with Gasteiger partial charge in [-0.1, -0.05) is 27.7 Å². The van der Waals surface area contributed by atoms with Crippen LogP contribution >= 0.6 is 0 Å². The van der Waals surface area contributed by atoms with Gasteiger partial charge in [-0.25, -0.2) is 64.3 Å². The number of pyridine rings is 2. The third-order valence-corrected chi connectivity index (χ3v) is 19.0. The second-order valence-corrected chi connectivity index (χ2v) is 26.3. The molecule has 2 saturated heterocycles. The smallest absolute Gasteiger partial charge is 0.303 e. The number of hydrogen-bond acceptors (Lipinski definition) is 18. The van der Waals surface area contributed by atoms with Crippen molar-refractivity contribution in [1.82, 2.24) is 48.8 Å². The minimum Gasteiger partial charge on any atom is -0.481 e. The Hall–Kier alpha value is -9.40. The van der Waals surface area contributed by atoms with Gasteiger partial charge in [0.05, 0.1) is 70.6 Å². The molecule has 6 N–H and O–H groups in total. The number of nitrogens with zero attached hydrogens (tertiary/aromatic N) is 12. The van der Waals surface area contributed by atoms with Crippen molar-refractivity contribution in [2.24, 2.45) is 0 Å². The van der Waals surface area contributed by atoms with Gasteiger partial charge in [-0.15, -0.1) is 0 Å². The fraction of sp³-hybridized carbons (Fsp3) is 0.406. The van der Waals surface area contributed by atoms with Crippen LogP contribution in [0.5, 0.6) is 0 Å². The zero-order valence-corrected chi connectivity index (χ0v) is 55.5. The zero-order chi connectivity index (χ0) is 70.0. The molecule has 0 unspecified atom stereocenters. The second kappa shape index (κ2) is 33.8. The molecule has 2 fully saturated rings. The summed E-state index contributed by atoms with van der Waals surface area (Å²) in [6, 6.07) is 12.2. The number of carboxylic acid groups (broad SMARTS) is 4. The Balaban J connectivity index is 0.000000221. The number of nitrogens with one attached hydrogen (secondary N) is 2. The molecule has 10 rings (SSSR count). The van der Waals surface area contributed by atoms with Crippen LogP contribution in [-0.4, -0.2) is 187 Å². The molecule has 0 bridgehead atoms. The van der Waals surface area contributed by atoms with Crippen LogP contribution in [0.3, 0.4) is 0 Å². The van der Waals surface area contributed by atoms with Crippen molar-refractivity contribution in [3.63, 3.8) is 0 Å². The highest BCUT2D eigenvalue weighted by Gasteiger charge is 2.29. The van der Waals surface area contributed by atoms with Crippen LogP contribution in [0.25, 0.3) is 55.7 Å². The Morgan fingerprint density at radius 2 is 0.833 bits per heavy atom. The number of rotatable bonds is 24. The number of piperidine rings is 2. The minimum atomic E-state index is -3.79. The zero-order valence-electron chi connectivity index (χ0n) is 53.9. The number of carboxylic acids is 4. The van der Waals surface area contributed by atoms with Crippen LogP contribution in [0, 0.1) is 23.3 Å². The first-order chi connectivity index (χ1) is 45.7. The predicted octanol–water partition coefficient (Wildman–Crippen LogP) is 9.54. The maximum atomic E-state index is 15.8.